The van der Waals surface area contributed by atoms with Gasteiger partial charge in [-0.2, -0.15) is 0 Å². The van der Waals surface area contributed by atoms with Gasteiger partial charge in [-0.05, 0) is 0 Å². The van der Waals surface area contributed by atoms with E-state index >= 15 is 0 Å². The van der Waals surface area contributed by atoms with Gasteiger partial charge in [-0.15, -0.1) is 0 Å². The predicted octanol–water partition coefficient (Wildman–Crippen LogP) is -5.37. The van der Waals surface area contributed by atoms with E-state index in [0.717, 1.165) is 6.33 Å². The molecular weight excluding hydrogens is 451 g/mol. The maximum Gasteiger partial charge on any atom is 1.00 e. The number of anilines is 1. The van der Waals surface area contributed by atoms with Crippen molar-refractivity contribution in [2.45, 2.75) is 24.5 Å². The smallest absolute Gasteiger partial charge is 0.756 e. The number of nitrogens with two attached hydrogens (primary N) is 1. The third-order valence-electron chi connectivity index (χ3n) is 3.61. The molecule has 2 aromatic rings. The molecular formula is C10H14KN5O10P2. The Balaban J connectivity index is 0.00000280. The second-order valence-corrected chi connectivity index (χ2v) is 8.23. The normalized spacial score (nSPS) is 29.2. The van der Waals surface area contributed by atoms with Crippen LogP contribution in [-0.4, -0.2) is 64.4 Å². The minimum atomic E-state index is -5.54. The van der Waals surface area contributed by atoms with E-state index in [1.807, 2.05) is 0 Å². The van der Waals surface area contributed by atoms with Gasteiger partial charge >= 0.3 is 59.2 Å². The molecule has 0 spiro atoms. The Hall–Kier alpha value is 0.126. The quantitative estimate of drug-likeness (QED) is 0.198. The van der Waals surface area contributed by atoms with Crippen molar-refractivity contribution in [1.29, 1.82) is 0 Å². The molecule has 0 aliphatic carbocycles. The van der Waals surface area contributed by atoms with Crippen LogP contribution in [0, 0.1) is 0 Å². The van der Waals surface area contributed by atoms with Crippen LogP contribution in [0.5, 0.6) is 0 Å². The van der Waals surface area contributed by atoms with Crippen molar-refractivity contribution >= 4 is 32.6 Å². The van der Waals surface area contributed by atoms with Crippen molar-refractivity contribution < 1.29 is 99.0 Å². The Morgan fingerprint density at radius 3 is 2.57 bits per heavy atom. The fourth-order valence-electron chi connectivity index (χ4n) is 2.47. The number of nitrogens with zero attached hydrogens (tertiary/aromatic N) is 4. The van der Waals surface area contributed by atoms with Gasteiger partial charge in [0.05, 0.1) is 12.9 Å². The van der Waals surface area contributed by atoms with Gasteiger partial charge in [0.2, 0.25) is 0 Å². The molecule has 6 N–H and O–H groups in total. The maximum absolute atomic E-state index is 11.4. The van der Waals surface area contributed by atoms with E-state index in [4.69, 9.17) is 15.4 Å². The van der Waals surface area contributed by atoms with Crippen LogP contribution in [0.25, 0.3) is 11.2 Å². The van der Waals surface area contributed by atoms with Gasteiger partial charge in [-0.3, -0.25) is 13.7 Å². The van der Waals surface area contributed by atoms with Crippen LogP contribution < -0.4 is 62.0 Å². The number of aliphatic hydroxyl groups is 2. The van der Waals surface area contributed by atoms with Crippen molar-refractivity contribution in [2.75, 3.05) is 12.3 Å². The summed E-state index contributed by atoms with van der Waals surface area (Å²) in [5, 5.41) is 20.3. The standard InChI is InChI=1S/C10H15N5O10P2.K/c11-8-5-9(13-2-12-8)15(3-14-5)10-7(17)6(16)4(24-10)1-23-27(21,22)25-26(18,19)20;/h2-4,6-7,10,16-17H,1H2,(H,21,22)(H2,11,12,13)(H2,18,19,20);/q;+1/p-1. The zero-order valence-electron chi connectivity index (χ0n) is 14.2. The summed E-state index contributed by atoms with van der Waals surface area (Å²) >= 11 is 0. The van der Waals surface area contributed by atoms with Gasteiger partial charge in [-0.25, -0.2) is 23.8 Å². The topological polar surface area (TPSA) is 235 Å². The van der Waals surface area contributed by atoms with Gasteiger partial charge in [0.25, 0.3) is 7.82 Å². The minimum absolute atomic E-state index is 0. The van der Waals surface area contributed by atoms with Crippen molar-refractivity contribution in [1.82, 2.24) is 19.5 Å². The summed E-state index contributed by atoms with van der Waals surface area (Å²) in [4.78, 5) is 39.9. The number of fused-ring (bicyclic) bond motifs is 1. The summed E-state index contributed by atoms with van der Waals surface area (Å²) in [5.74, 6) is 0.0797. The first-order chi connectivity index (χ1) is 12.5. The van der Waals surface area contributed by atoms with Crippen molar-refractivity contribution in [2.24, 2.45) is 0 Å². The number of phosphoric acid groups is 2. The Morgan fingerprint density at radius 1 is 1.25 bits per heavy atom. The third kappa shape index (κ3) is 5.43. The fraction of sp³-hybridized carbons (Fsp3) is 0.500. The van der Waals surface area contributed by atoms with Gasteiger partial charge in [-0.1, -0.05) is 0 Å². The molecule has 0 radical (unpaired) electrons. The number of aliphatic hydroxyl groups excluding tert-OH is 2. The van der Waals surface area contributed by atoms with E-state index in [-0.39, 0.29) is 68.4 Å². The van der Waals surface area contributed by atoms with Crippen LogP contribution in [0.2, 0.25) is 0 Å². The molecule has 0 saturated carbocycles. The van der Waals surface area contributed by atoms with E-state index in [2.05, 4.69) is 23.8 Å². The minimum Gasteiger partial charge on any atom is -0.756 e. The molecule has 1 aliphatic rings. The molecule has 6 atom stereocenters. The summed E-state index contributed by atoms with van der Waals surface area (Å²) in [7, 11) is -10.7. The van der Waals surface area contributed by atoms with Gasteiger partial charge in [0.15, 0.2) is 17.7 Å². The second-order valence-electron chi connectivity index (χ2n) is 5.44. The molecule has 1 fully saturated rings. The summed E-state index contributed by atoms with van der Waals surface area (Å²) < 4.78 is 36.5. The third-order valence-corrected chi connectivity index (χ3v) is 5.73. The number of rotatable bonds is 6. The second kappa shape index (κ2) is 9.09. The summed E-state index contributed by atoms with van der Waals surface area (Å²) in [6.07, 6.45) is -3.27. The van der Waals surface area contributed by atoms with Crippen molar-refractivity contribution in [3.63, 3.8) is 0 Å². The van der Waals surface area contributed by atoms with Gasteiger partial charge < -0.3 is 35.4 Å². The Labute approximate surface area is 199 Å². The maximum atomic E-state index is 11.4. The number of imidazole rings is 1. The average Bonchev–Trinajstić information content (AvgIpc) is 3.07. The number of aromatic nitrogens is 4. The summed E-state index contributed by atoms with van der Waals surface area (Å²) in [6, 6.07) is 0. The molecule has 0 bridgehead atoms. The molecule has 0 aromatic carbocycles. The molecule has 2 aromatic heterocycles. The zero-order valence-corrected chi connectivity index (χ0v) is 19.1. The molecule has 3 rings (SSSR count). The predicted molar refractivity (Wildman–Crippen MR) is 82.3 cm³/mol. The van der Waals surface area contributed by atoms with Crippen LogP contribution in [0.1, 0.15) is 6.23 Å². The van der Waals surface area contributed by atoms with E-state index in [0.29, 0.717) is 0 Å². The Bertz CT molecular complexity index is 938. The molecule has 0 amide bonds. The van der Waals surface area contributed by atoms with Crippen molar-refractivity contribution in [3.05, 3.63) is 12.7 Å². The number of ether oxygens (including phenoxy) is 1. The van der Waals surface area contributed by atoms with Gasteiger partial charge in [0, 0.05) is 0 Å². The number of hydrogen-bond donors (Lipinski definition) is 5. The monoisotopic (exact) mass is 465 g/mol. The first-order valence-corrected chi connectivity index (χ1v) is 10.1. The summed E-state index contributed by atoms with van der Waals surface area (Å²) in [6.45, 7) is -0.841. The van der Waals surface area contributed by atoms with E-state index in [9.17, 15) is 29.1 Å². The van der Waals surface area contributed by atoms with Crippen LogP contribution in [0.4, 0.5) is 5.82 Å². The van der Waals surface area contributed by atoms with Gasteiger partial charge in [0.1, 0.15) is 30.2 Å². The van der Waals surface area contributed by atoms with Crippen molar-refractivity contribution in [3.8, 4) is 0 Å². The zero-order chi connectivity index (χ0) is 20.0. The van der Waals surface area contributed by atoms with Crippen LogP contribution in [0.15, 0.2) is 12.7 Å². The average molecular weight is 465 g/mol. The molecule has 150 valence electrons. The molecule has 15 nitrogen and oxygen atoms in total. The Kier molecular flexibility index (Phi) is 7.92. The molecule has 3 heterocycles. The first-order valence-electron chi connectivity index (χ1n) is 7.15. The molecule has 1 aliphatic heterocycles. The number of phosphoric ester groups is 1. The SMILES string of the molecule is Nc1ncnc2c1ncn2C1OC(COP(=O)(O)OP(=O)([O-])O)C(O)C1O.[K+]. The first kappa shape index (κ1) is 24.4. The number of nitrogen functional groups attached to an aromatic ring is 1. The Morgan fingerprint density at radius 2 is 1.93 bits per heavy atom. The summed E-state index contributed by atoms with van der Waals surface area (Å²) in [5.41, 5.74) is 6.09. The van der Waals surface area contributed by atoms with E-state index in [1.165, 1.54) is 10.9 Å². The van der Waals surface area contributed by atoms with E-state index < -0.39 is 46.8 Å². The molecule has 18 heteroatoms. The molecule has 28 heavy (non-hydrogen) atoms. The fourth-order valence-corrected chi connectivity index (χ4v) is 4.04. The van der Waals surface area contributed by atoms with Crippen LogP contribution in [-0.2, 0) is 22.7 Å². The largest absolute Gasteiger partial charge is 1.00 e. The van der Waals surface area contributed by atoms with Crippen LogP contribution in [0.3, 0.4) is 0 Å². The van der Waals surface area contributed by atoms with Crippen LogP contribution >= 0.6 is 15.6 Å². The molecule has 6 unspecified atom stereocenters. The number of hydrogen-bond acceptors (Lipinski definition) is 12. The van der Waals surface area contributed by atoms with E-state index in [1.54, 1.807) is 0 Å². The molecule has 1 saturated heterocycles.